The molecule has 2 N–H and O–H groups in total. The van der Waals surface area contributed by atoms with Crippen LogP contribution >= 0.6 is 0 Å². The van der Waals surface area contributed by atoms with Gasteiger partial charge in [0.15, 0.2) is 0 Å². The van der Waals surface area contributed by atoms with Crippen LogP contribution in [0.1, 0.15) is 19.3 Å². The smallest absolute Gasteiger partial charge is 0.384 e. The molecule has 0 aromatic heterocycles. The second-order valence-electron chi connectivity index (χ2n) is 6.23. The molecule has 188 valence electrons. The van der Waals surface area contributed by atoms with Crippen LogP contribution in [0.15, 0.2) is 0 Å². The van der Waals surface area contributed by atoms with Gasteiger partial charge in [-0.3, -0.25) is 0 Å². The Hall–Kier alpha value is -1.20. The Morgan fingerprint density at radius 1 is 0.581 bits per heavy atom. The second kappa shape index (κ2) is 8.62. The average Bonchev–Trinajstić information content (AvgIpc) is 2.59. The lowest BCUT2D eigenvalue weighted by Crippen LogP contribution is -2.73. The molecular formula is C13H12F16O2. The molecule has 0 fully saturated rings. The molecule has 2 nitrogen and oxygen atoms in total. The van der Waals surface area contributed by atoms with Crippen molar-refractivity contribution in [2.75, 3.05) is 6.61 Å². The molecule has 0 aromatic carbocycles. The van der Waals surface area contributed by atoms with Gasteiger partial charge in [0.2, 0.25) is 0 Å². The minimum atomic E-state index is -8.40. The summed E-state index contributed by atoms with van der Waals surface area (Å²) in [6, 6.07) is 0. The van der Waals surface area contributed by atoms with Gasteiger partial charge in [-0.1, -0.05) is 0 Å². The molecule has 0 saturated heterocycles. The molecule has 31 heavy (non-hydrogen) atoms. The normalized spacial score (nSPS) is 16.7. The molecule has 1 unspecified atom stereocenters. The monoisotopic (exact) mass is 504 g/mol. The van der Waals surface area contributed by atoms with Crippen molar-refractivity contribution in [1.29, 1.82) is 0 Å². The van der Waals surface area contributed by atoms with E-state index in [1.165, 1.54) is 0 Å². The van der Waals surface area contributed by atoms with Crippen LogP contribution in [0.4, 0.5) is 70.2 Å². The average molecular weight is 504 g/mol. The number of rotatable bonds is 12. The van der Waals surface area contributed by atoms with Crippen LogP contribution in [0.5, 0.6) is 0 Å². The molecule has 0 saturated carbocycles. The van der Waals surface area contributed by atoms with Crippen molar-refractivity contribution in [3.8, 4) is 0 Å². The summed E-state index contributed by atoms with van der Waals surface area (Å²) in [7, 11) is 0. The van der Waals surface area contributed by atoms with E-state index >= 15 is 0 Å². The Morgan fingerprint density at radius 2 is 0.935 bits per heavy atom. The fraction of sp³-hybridized carbons (Fsp3) is 1.00. The van der Waals surface area contributed by atoms with Crippen LogP contribution in [0.3, 0.4) is 0 Å². The van der Waals surface area contributed by atoms with E-state index in [9.17, 15) is 70.2 Å². The maximum atomic E-state index is 13.4. The summed E-state index contributed by atoms with van der Waals surface area (Å²) < 4.78 is 209. The lowest BCUT2D eigenvalue weighted by atomic mass is 9.88. The van der Waals surface area contributed by atoms with Crippen LogP contribution in [-0.4, -0.2) is 70.8 Å². The standard InChI is InChI=1S/C13H12F16O2/c14-6(15)8(18,19)10(22,23)12(26,27)13(28,29)11(24,25)9(20,21)7(16,17)3-1-2-5(31)4-30/h5-6,30-31H,1-4H2. The van der Waals surface area contributed by atoms with Crippen LogP contribution in [0, 0.1) is 0 Å². The summed E-state index contributed by atoms with van der Waals surface area (Å²) in [5.74, 6) is -54.5. The van der Waals surface area contributed by atoms with Gasteiger partial charge in [-0.05, 0) is 12.8 Å². The van der Waals surface area contributed by atoms with Gasteiger partial charge in [0.1, 0.15) is 0 Å². The van der Waals surface area contributed by atoms with Crippen molar-refractivity contribution < 1.29 is 80.5 Å². The molecule has 0 bridgehead atoms. The Bertz CT molecular complexity index is 602. The maximum absolute atomic E-state index is 13.4. The third-order valence-corrected chi connectivity index (χ3v) is 3.97. The van der Waals surface area contributed by atoms with Crippen molar-refractivity contribution in [1.82, 2.24) is 0 Å². The van der Waals surface area contributed by atoms with Crippen molar-refractivity contribution in [3.05, 3.63) is 0 Å². The molecule has 0 heterocycles. The third-order valence-electron chi connectivity index (χ3n) is 3.97. The van der Waals surface area contributed by atoms with Crippen molar-refractivity contribution >= 4 is 0 Å². The number of aliphatic hydroxyl groups is 2. The van der Waals surface area contributed by atoms with Gasteiger partial charge in [-0.25, -0.2) is 8.78 Å². The van der Waals surface area contributed by atoms with Gasteiger partial charge >= 0.3 is 47.9 Å². The molecule has 0 aliphatic carbocycles. The van der Waals surface area contributed by atoms with Crippen molar-refractivity contribution in [2.24, 2.45) is 0 Å². The summed E-state index contributed by atoms with van der Waals surface area (Å²) in [5.41, 5.74) is 0. The summed E-state index contributed by atoms with van der Waals surface area (Å²) >= 11 is 0. The predicted octanol–water partition coefficient (Wildman–Crippen LogP) is 5.22. The highest BCUT2D eigenvalue weighted by molar-refractivity contribution is 5.14. The lowest BCUT2D eigenvalue weighted by Gasteiger charge is -2.42. The van der Waals surface area contributed by atoms with Gasteiger partial charge in [-0.15, -0.1) is 0 Å². The van der Waals surface area contributed by atoms with E-state index < -0.39 is 79.9 Å². The number of hydrogen-bond donors (Lipinski definition) is 2. The van der Waals surface area contributed by atoms with Gasteiger partial charge in [0.05, 0.1) is 12.7 Å². The fourth-order valence-corrected chi connectivity index (χ4v) is 1.98. The molecule has 0 aromatic rings. The molecule has 18 heteroatoms. The summed E-state index contributed by atoms with van der Waals surface area (Å²) in [6.45, 7) is -1.16. The first-order valence-electron chi connectivity index (χ1n) is 7.62. The molecule has 0 radical (unpaired) electrons. The fourth-order valence-electron chi connectivity index (χ4n) is 1.98. The van der Waals surface area contributed by atoms with E-state index in [4.69, 9.17) is 10.2 Å². The zero-order valence-corrected chi connectivity index (χ0v) is 14.4. The molecule has 0 rings (SSSR count). The van der Waals surface area contributed by atoms with E-state index in [2.05, 4.69) is 0 Å². The molecule has 1 atom stereocenters. The zero-order valence-electron chi connectivity index (χ0n) is 14.4. The van der Waals surface area contributed by atoms with Gasteiger partial charge in [0, 0.05) is 6.42 Å². The molecular weight excluding hydrogens is 492 g/mol. The maximum Gasteiger partial charge on any atom is 0.384 e. The van der Waals surface area contributed by atoms with Crippen molar-refractivity contribution in [3.63, 3.8) is 0 Å². The second-order valence-corrected chi connectivity index (χ2v) is 6.23. The Morgan fingerprint density at radius 3 is 1.29 bits per heavy atom. The Kier molecular flexibility index (Phi) is 8.29. The third kappa shape index (κ3) is 4.50. The number of halogens is 16. The quantitative estimate of drug-likeness (QED) is 0.358. The Labute approximate surface area is 161 Å². The van der Waals surface area contributed by atoms with Crippen LogP contribution in [-0.2, 0) is 0 Å². The Balaban J connectivity index is 6.25. The number of alkyl halides is 16. The summed E-state index contributed by atoms with van der Waals surface area (Å²) in [6.07, 6.45) is -12.8. The first kappa shape index (κ1) is 29.8. The van der Waals surface area contributed by atoms with Crippen LogP contribution in [0.25, 0.3) is 0 Å². The first-order valence-corrected chi connectivity index (χ1v) is 7.62. The van der Waals surface area contributed by atoms with Gasteiger partial charge in [0.25, 0.3) is 0 Å². The van der Waals surface area contributed by atoms with E-state index in [1.54, 1.807) is 0 Å². The van der Waals surface area contributed by atoms with Crippen LogP contribution < -0.4 is 0 Å². The SMILES string of the molecule is OCC(O)CCCC(F)(F)C(F)(F)C(F)(F)C(F)(F)C(F)(F)C(F)(F)C(F)(F)C(F)F. The molecule has 0 amide bonds. The summed E-state index contributed by atoms with van der Waals surface area (Å²) in [5, 5.41) is 17.2. The van der Waals surface area contributed by atoms with Crippen LogP contribution in [0.2, 0.25) is 0 Å². The highest BCUT2D eigenvalue weighted by atomic mass is 19.4. The van der Waals surface area contributed by atoms with E-state index in [1.807, 2.05) is 0 Å². The molecule has 0 spiro atoms. The number of hydrogen-bond acceptors (Lipinski definition) is 2. The highest BCUT2D eigenvalue weighted by Gasteiger charge is 2.93. The van der Waals surface area contributed by atoms with E-state index in [-0.39, 0.29) is 0 Å². The molecule has 0 aliphatic heterocycles. The first-order chi connectivity index (χ1) is 13.4. The predicted molar refractivity (Wildman–Crippen MR) is 67.6 cm³/mol. The van der Waals surface area contributed by atoms with Gasteiger partial charge in [-0.2, -0.15) is 61.5 Å². The highest BCUT2D eigenvalue weighted by Crippen LogP contribution is 2.63. The summed E-state index contributed by atoms with van der Waals surface area (Å²) in [4.78, 5) is 0. The van der Waals surface area contributed by atoms with E-state index in [0.29, 0.717) is 0 Å². The van der Waals surface area contributed by atoms with Crippen molar-refractivity contribution in [2.45, 2.75) is 73.2 Å². The van der Waals surface area contributed by atoms with Gasteiger partial charge < -0.3 is 10.2 Å². The number of aliphatic hydroxyl groups excluding tert-OH is 2. The molecule has 0 aliphatic rings. The minimum absolute atomic E-state index is 1.03. The van der Waals surface area contributed by atoms with E-state index in [0.717, 1.165) is 0 Å². The zero-order chi connectivity index (χ0) is 25.5. The topological polar surface area (TPSA) is 40.5 Å². The largest absolute Gasteiger partial charge is 0.394 e. The lowest BCUT2D eigenvalue weighted by molar-refractivity contribution is -0.447. The minimum Gasteiger partial charge on any atom is -0.394 e.